The quantitative estimate of drug-likeness (QED) is 0.470. The number of nitrogens with zero attached hydrogens (tertiary/aromatic N) is 5. The Morgan fingerprint density at radius 3 is 2.93 bits per heavy atom. The number of amides is 1. The van der Waals surface area contributed by atoms with Crippen molar-refractivity contribution < 1.29 is 9.21 Å². The van der Waals surface area contributed by atoms with Gasteiger partial charge < -0.3 is 14.3 Å². The number of carbonyl (C=O) groups is 1. The first kappa shape index (κ1) is 18.4. The molecular weight excluding hydrogens is 404 g/mol. The predicted octanol–water partition coefficient (Wildman–Crippen LogP) is 3.50. The molecule has 0 unspecified atom stereocenters. The van der Waals surface area contributed by atoms with E-state index in [0.29, 0.717) is 40.8 Å². The highest BCUT2D eigenvalue weighted by molar-refractivity contribution is 6.31. The van der Waals surface area contributed by atoms with E-state index in [-0.39, 0.29) is 5.91 Å². The molecule has 0 aliphatic heterocycles. The fraction of sp³-hybridized carbons (Fsp3) is 0.143. The van der Waals surface area contributed by atoms with Gasteiger partial charge in [-0.1, -0.05) is 11.6 Å². The van der Waals surface area contributed by atoms with Gasteiger partial charge in [0, 0.05) is 31.2 Å². The number of aromatic nitrogens is 5. The zero-order valence-corrected chi connectivity index (χ0v) is 16.8. The lowest BCUT2D eigenvalue weighted by atomic mass is 10.2. The summed E-state index contributed by atoms with van der Waals surface area (Å²) in [6.45, 7) is 0.434. The summed E-state index contributed by atoms with van der Waals surface area (Å²) in [7, 11) is 1.95. The molecule has 8 nitrogen and oxygen atoms in total. The van der Waals surface area contributed by atoms with Crippen LogP contribution in [-0.4, -0.2) is 36.6 Å². The topological polar surface area (TPSA) is 90.2 Å². The van der Waals surface area contributed by atoms with Gasteiger partial charge in [0.1, 0.15) is 5.82 Å². The summed E-state index contributed by atoms with van der Waals surface area (Å²) in [6, 6.07) is 12.7. The highest BCUT2D eigenvalue weighted by Gasteiger charge is 2.17. The first-order valence-corrected chi connectivity index (χ1v) is 9.76. The zero-order valence-electron chi connectivity index (χ0n) is 16.0. The van der Waals surface area contributed by atoms with Gasteiger partial charge in [-0.15, -0.1) is 10.2 Å². The van der Waals surface area contributed by atoms with E-state index in [1.54, 1.807) is 41.1 Å². The summed E-state index contributed by atoms with van der Waals surface area (Å²) in [5.74, 6) is 1.78. The number of hydrogen-bond donors (Lipinski definition) is 1. The molecule has 0 radical (unpaired) electrons. The molecule has 4 aromatic heterocycles. The van der Waals surface area contributed by atoms with Gasteiger partial charge in [0.05, 0.1) is 22.9 Å². The Labute approximate surface area is 176 Å². The van der Waals surface area contributed by atoms with E-state index in [4.69, 9.17) is 16.0 Å². The summed E-state index contributed by atoms with van der Waals surface area (Å²) < 4.78 is 9.15. The van der Waals surface area contributed by atoms with E-state index >= 15 is 0 Å². The smallest absolute Gasteiger partial charge is 0.255 e. The molecule has 0 spiro atoms. The van der Waals surface area contributed by atoms with Crippen molar-refractivity contribution in [3.63, 3.8) is 0 Å². The molecule has 0 fully saturated rings. The first-order valence-electron chi connectivity index (χ1n) is 9.38. The van der Waals surface area contributed by atoms with Crippen LogP contribution in [0, 0.1) is 0 Å². The second-order valence-electron chi connectivity index (χ2n) is 6.84. The molecule has 5 rings (SSSR count). The average molecular weight is 421 g/mol. The minimum atomic E-state index is -0.221. The van der Waals surface area contributed by atoms with Gasteiger partial charge in [-0.2, -0.15) is 0 Å². The molecule has 30 heavy (non-hydrogen) atoms. The maximum atomic E-state index is 12.8. The summed E-state index contributed by atoms with van der Waals surface area (Å²) in [5.41, 5.74) is 2.75. The summed E-state index contributed by atoms with van der Waals surface area (Å²) in [4.78, 5) is 17.4. The van der Waals surface area contributed by atoms with Crippen LogP contribution in [0.25, 0.3) is 28.3 Å². The molecule has 0 saturated carbocycles. The Bertz CT molecular complexity index is 1370. The number of aryl methyl sites for hydroxylation is 1. The van der Waals surface area contributed by atoms with Gasteiger partial charge in [0.2, 0.25) is 5.82 Å². The summed E-state index contributed by atoms with van der Waals surface area (Å²) in [6.07, 6.45) is 3.96. The molecule has 1 aromatic carbocycles. The number of furan rings is 1. The van der Waals surface area contributed by atoms with Crippen LogP contribution in [-0.2, 0) is 13.5 Å². The van der Waals surface area contributed by atoms with Crippen molar-refractivity contribution >= 4 is 34.2 Å². The van der Waals surface area contributed by atoms with Crippen LogP contribution in [0.4, 0.5) is 0 Å². The van der Waals surface area contributed by atoms with Crippen molar-refractivity contribution in [1.29, 1.82) is 0 Å². The van der Waals surface area contributed by atoms with Gasteiger partial charge in [0.25, 0.3) is 5.91 Å². The van der Waals surface area contributed by atoms with Crippen molar-refractivity contribution in [2.24, 2.45) is 7.05 Å². The second-order valence-corrected chi connectivity index (χ2v) is 7.28. The minimum absolute atomic E-state index is 0.221. The highest BCUT2D eigenvalue weighted by atomic mass is 35.5. The number of benzene rings is 1. The lowest BCUT2D eigenvalue weighted by molar-refractivity contribution is 0.0955. The maximum Gasteiger partial charge on any atom is 0.255 e. The number of nitrogens with one attached hydrogen (secondary N) is 1. The van der Waals surface area contributed by atoms with Gasteiger partial charge in [-0.05, 0) is 42.5 Å². The lowest BCUT2D eigenvalue weighted by Crippen LogP contribution is -2.27. The first-order chi connectivity index (χ1) is 14.6. The molecule has 0 atom stereocenters. The molecule has 1 amide bonds. The maximum absolute atomic E-state index is 12.8. The third-order valence-electron chi connectivity index (χ3n) is 4.99. The number of fused-ring (bicyclic) bond motifs is 2. The molecule has 0 saturated heterocycles. The van der Waals surface area contributed by atoms with Crippen molar-refractivity contribution in [3.8, 4) is 11.6 Å². The number of carbonyl (C=O) groups excluding carboxylic acids is 1. The minimum Gasteiger partial charge on any atom is -0.461 e. The number of pyridine rings is 1. The number of rotatable bonds is 5. The van der Waals surface area contributed by atoms with Crippen molar-refractivity contribution in [1.82, 2.24) is 29.5 Å². The average Bonchev–Trinajstić information content (AvgIpc) is 3.47. The highest BCUT2D eigenvalue weighted by Crippen LogP contribution is 2.21. The van der Waals surface area contributed by atoms with E-state index in [0.717, 1.165) is 16.9 Å². The molecule has 0 aliphatic carbocycles. The summed E-state index contributed by atoms with van der Waals surface area (Å²) in [5, 5.41) is 11.9. The van der Waals surface area contributed by atoms with E-state index in [1.165, 1.54) is 0 Å². The van der Waals surface area contributed by atoms with Crippen molar-refractivity contribution in [2.45, 2.75) is 6.42 Å². The Morgan fingerprint density at radius 1 is 1.20 bits per heavy atom. The number of halogens is 1. The van der Waals surface area contributed by atoms with Gasteiger partial charge in [0.15, 0.2) is 11.4 Å². The van der Waals surface area contributed by atoms with Crippen LogP contribution >= 0.6 is 11.6 Å². The van der Waals surface area contributed by atoms with Crippen LogP contribution in [0.1, 0.15) is 16.2 Å². The monoisotopic (exact) mass is 420 g/mol. The second kappa shape index (κ2) is 7.31. The van der Waals surface area contributed by atoms with Crippen molar-refractivity contribution in [2.75, 3.05) is 6.54 Å². The Balaban J connectivity index is 1.34. The third kappa shape index (κ3) is 3.11. The molecule has 150 valence electrons. The van der Waals surface area contributed by atoms with E-state index in [2.05, 4.69) is 20.5 Å². The summed E-state index contributed by atoms with van der Waals surface area (Å²) >= 11 is 6.05. The fourth-order valence-electron chi connectivity index (χ4n) is 3.50. The Hall–Kier alpha value is -3.65. The molecule has 1 N–H and O–H groups in total. The molecular formula is C21H17ClN6O2. The van der Waals surface area contributed by atoms with E-state index in [9.17, 15) is 4.79 Å². The Morgan fingerprint density at radius 2 is 2.10 bits per heavy atom. The van der Waals surface area contributed by atoms with E-state index in [1.807, 2.05) is 29.8 Å². The lowest BCUT2D eigenvalue weighted by Gasteiger charge is -2.07. The number of hydrogen-bond acceptors (Lipinski definition) is 5. The van der Waals surface area contributed by atoms with Crippen LogP contribution in [0.3, 0.4) is 0 Å². The standard InChI is InChI=1S/C21H17ClN6O2/c1-27-16-7-6-13(22)12-15(16)24-18(27)8-9-23-21(29)14-4-2-10-28-19(14)25-26-20(28)17-5-3-11-30-17/h2-7,10-12H,8-9H2,1H3,(H,23,29). The van der Waals surface area contributed by atoms with Gasteiger partial charge in [-0.25, -0.2) is 4.98 Å². The van der Waals surface area contributed by atoms with Crippen LogP contribution in [0.15, 0.2) is 59.3 Å². The molecule has 5 aromatic rings. The van der Waals surface area contributed by atoms with Crippen LogP contribution in [0.2, 0.25) is 5.02 Å². The molecule has 9 heteroatoms. The Kier molecular flexibility index (Phi) is 4.48. The molecule has 4 heterocycles. The number of imidazole rings is 1. The largest absolute Gasteiger partial charge is 0.461 e. The third-order valence-corrected chi connectivity index (χ3v) is 5.23. The van der Waals surface area contributed by atoms with Crippen LogP contribution < -0.4 is 5.32 Å². The molecule has 0 aliphatic rings. The molecule has 0 bridgehead atoms. The van der Waals surface area contributed by atoms with E-state index < -0.39 is 0 Å². The van der Waals surface area contributed by atoms with Gasteiger partial charge in [-0.3, -0.25) is 9.20 Å². The predicted molar refractivity (Wildman–Crippen MR) is 112 cm³/mol. The van der Waals surface area contributed by atoms with Crippen molar-refractivity contribution in [3.05, 3.63) is 71.3 Å². The van der Waals surface area contributed by atoms with Crippen LogP contribution in [0.5, 0.6) is 0 Å². The fourth-order valence-corrected chi connectivity index (χ4v) is 3.66. The normalized spacial score (nSPS) is 11.4. The van der Waals surface area contributed by atoms with Gasteiger partial charge >= 0.3 is 0 Å². The SMILES string of the molecule is Cn1c(CCNC(=O)c2cccn3c(-c4ccco4)nnc23)nc2cc(Cl)ccc21. The zero-order chi connectivity index (χ0) is 20.7.